The Labute approximate surface area is 98.7 Å². The molecule has 0 saturated heterocycles. The Balaban J connectivity index is 2.92. The van der Waals surface area contributed by atoms with E-state index in [1.54, 1.807) is 21.0 Å². The molecule has 1 aromatic rings. The monoisotopic (exact) mass is 235 g/mol. The van der Waals surface area contributed by atoms with E-state index in [2.05, 4.69) is 4.98 Å². The van der Waals surface area contributed by atoms with Crippen molar-refractivity contribution in [2.24, 2.45) is 0 Å². The molecule has 6 heteroatoms. The summed E-state index contributed by atoms with van der Waals surface area (Å²) in [5, 5.41) is 10.6. The molecule has 1 aromatic heterocycles. The van der Waals surface area contributed by atoms with Gasteiger partial charge >= 0.3 is 0 Å². The molecule has 1 amide bonds. The molecule has 0 bridgehead atoms. The number of pyridine rings is 1. The number of aromatic nitrogens is 1. The Morgan fingerprint density at radius 3 is 2.59 bits per heavy atom. The van der Waals surface area contributed by atoms with E-state index in [4.69, 9.17) is 0 Å². The predicted octanol–water partition coefficient (Wildman–Crippen LogP) is 1.40. The molecular weight excluding hydrogens is 222 g/mol. The van der Waals surface area contributed by atoms with Crippen molar-refractivity contribution in [2.75, 3.05) is 14.1 Å². The highest BCUT2D eigenvalue weighted by Crippen LogP contribution is 2.15. The number of hydrogen-bond donors (Lipinski definition) is 0. The number of carbonyl (C=O) groups is 1. The van der Waals surface area contributed by atoms with E-state index in [0.29, 0.717) is 11.4 Å². The first-order chi connectivity index (χ1) is 7.91. The molecule has 0 fully saturated rings. The van der Waals surface area contributed by atoms with Crippen LogP contribution in [0.15, 0.2) is 18.2 Å². The van der Waals surface area contributed by atoms with Crippen LogP contribution in [0, 0.1) is 17.0 Å². The smallest absolute Gasteiger partial charge is 0.290 e. The zero-order valence-electron chi connectivity index (χ0n) is 9.88. The van der Waals surface area contributed by atoms with Crippen molar-refractivity contribution < 1.29 is 9.72 Å². The summed E-state index contributed by atoms with van der Waals surface area (Å²) >= 11 is 0. The van der Waals surface area contributed by atoms with Crippen LogP contribution in [0.25, 0.3) is 6.08 Å². The lowest BCUT2D eigenvalue weighted by atomic mass is 10.2. The summed E-state index contributed by atoms with van der Waals surface area (Å²) in [6.45, 7) is 1.56. The second-order valence-corrected chi connectivity index (χ2v) is 3.66. The maximum Gasteiger partial charge on any atom is 0.290 e. The van der Waals surface area contributed by atoms with Crippen molar-refractivity contribution in [2.45, 2.75) is 6.92 Å². The van der Waals surface area contributed by atoms with Crippen molar-refractivity contribution in [3.63, 3.8) is 0 Å². The number of amides is 1. The summed E-state index contributed by atoms with van der Waals surface area (Å²) < 4.78 is 0. The van der Waals surface area contributed by atoms with Crippen molar-refractivity contribution in [3.05, 3.63) is 39.7 Å². The van der Waals surface area contributed by atoms with Gasteiger partial charge in [0.2, 0.25) is 5.91 Å². The standard InChI is InChI=1S/C11H13N3O3/c1-8-10(14(16)17)6-4-9(12-8)5-7-11(15)13(2)3/h4-7H,1-3H3. The zero-order chi connectivity index (χ0) is 13.0. The summed E-state index contributed by atoms with van der Waals surface area (Å²) in [5.41, 5.74) is 0.818. The van der Waals surface area contributed by atoms with Gasteiger partial charge in [-0.2, -0.15) is 0 Å². The highest BCUT2D eigenvalue weighted by atomic mass is 16.6. The maximum atomic E-state index is 11.3. The average molecular weight is 235 g/mol. The van der Waals surface area contributed by atoms with Gasteiger partial charge in [0, 0.05) is 26.2 Å². The topological polar surface area (TPSA) is 76.3 Å². The third kappa shape index (κ3) is 3.37. The molecule has 0 aliphatic carbocycles. The lowest BCUT2D eigenvalue weighted by Gasteiger charge is -2.05. The van der Waals surface area contributed by atoms with E-state index in [0.717, 1.165) is 0 Å². The molecule has 0 saturated carbocycles. The fourth-order valence-corrected chi connectivity index (χ4v) is 1.16. The van der Waals surface area contributed by atoms with Gasteiger partial charge < -0.3 is 4.90 Å². The molecular formula is C11H13N3O3. The Bertz CT molecular complexity index is 481. The third-order valence-electron chi connectivity index (χ3n) is 2.11. The minimum Gasteiger partial charge on any atom is -0.345 e. The van der Waals surface area contributed by atoms with Gasteiger partial charge in [0.15, 0.2) is 0 Å². The first-order valence-corrected chi connectivity index (χ1v) is 4.93. The molecule has 0 N–H and O–H groups in total. The molecule has 0 unspecified atom stereocenters. The minimum absolute atomic E-state index is 0.0268. The Hall–Kier alpha value is -2.24. The predicted molar refractivity (Wildman–Crippen MR) is 63.4 cm³/mol. The number of aryl methyl sites for hydroxylation is 1. The van der Waals surface area contributed by atoms with Gasteiger partial charge in [-0.25, -0.2) is 4.98 Å². The number of nitro groups is 1. The second kappa shape index (κ2) is 5.20. The number of carbonyl (C=O) groups excluding carboxylic acids is 1. The second-order valence-electron chi connectivity index (χ2n) is 3.66. The van der Waals surface area contributed by atoms with Crippen molar-refractivity contribution in [1.82, 2.24) is 9.88 Å². The van der Waals surface area contributed by atoms with E-state index < -0.39 is 4.92 Å². The lowest BCUT2D eigenvalue weighted by Crippen LogP contribution is -2.18. The van der Waals surface area contributed by atoms with Crippen LogP contribution in [0.2, 0.25) is 0 Å². The van der Waals surface area contributed by atoms with E-state index >= 15 is 0 Å². The van der Waals surface area contributed by atoms with Crippen molar-refractivity contribution in [1.29, 1.82) is 0 Å². The van der Waals surface area contributed by atoms with Crippen LogP contribution in [0.5, 0.6) is 0 Å². The van der Waals surface area contributed by atoms with E-state index in [1.165, 1.54) is 29.2 Å². The number of rotatable bonds is 3. The number of hydrogen-bond acceptors (Lipinski definition) is 4. The highest BCUT2D eigenvalue weighted by Gasteiger charge is 2.10. The Kier molecular flexibility index (Phi) is 3.92. The molecule has 17 heavy (non-hydrogen) atoms. The third-order valence-corrected chi connectivity index (χ3v) is 2.11. The summed E-state index contributed by atoms with van der Waals surface area (Å²) in [5.74, 6) is -0.164. The Morgan fingerprint density at radius 2 is 2.12 bits per heavy atom. The zero-order valence-corrected chi connectivity index (χ0v) is 9.88. The first kappa shape index (κ1) is 12.8. The van der Waals surface area contributed by atoms with Gasteiger partial charge in [-0.1, -0.05) is 0 Å². The van der Waals surface area contributed by atoms with E-state index in [9.17, 15) is 14.9 Å². The highest BCUT2D eigenvalue weighted by molar-refractivity contribution is 5.91. The molecule has 0 spiro atoms. The fraction of sp³-hybridized carbons (Fsp3) is 0.273. The van der Waals surface area contributed by atoms with Crippen molar-refractivity contribution >= 4 is 17.7 Å². The van der Waals surface area contributed by atoms with Gasteiger partial charge in [-0.3, -0.25) is 14.9 Å². The minimum atomic E-state index is -0.485. The number of nitrogens with zero attached hydrogens (tertiary/aromatic N) is 3. The van der Waals surface area contributed by atoms with E-state index in [1.807, 2.05) is 0 Å². The Morgan fingerprint density at radius 1 is 1.47 bits per heavy atom. The molecule has 1 heterocycles. The van der Waals surface area contributed by atoms with Crippen LogP contribution in [-0.2, 0) is 4.79 Å². The summed E-state index contributed by atoms with van der Waals surface area (Å²) in [6, 6.07) is 2.88. The largest absolute Gasteiger partial charge is 0.345 e. The molecule has 6 nitrogen and oxygen atoms in total. The van der Waals surface area contributed by atoms with Crippen LogP contribution in [0.4, 0.5) is 5.69 Å². The van der Waals surface area contributed by atoms with E-state index in [-0.39, 0.29) is 11.6 Å². The van der Waals surface area contributed by atoms with Crippen LogP contribution in [-0.4, -0.2) is 34.8 Å². The molecule has 0 aliphatic rings. The SMILES string of the molecule is Cc1nc(C=CC(=O)N(C)C)ccc1[N+](=O)[O-]. The van der Waals surface area contributed by atoms with Gasteiger partial charge in [-0.15, -0.1) is 0 Å². The molecule has 0 aliphatic heterocycles. The average Bonchev–Trinajstić information content (AvgIpc) is 2.25. The maximum absolute atomic E-state index is 11.3. The summed E-state index contributed by atoms with van der Waals surface area (Å²) in [4.78, 5) is 26.8. The lowest BCUT2D eigenvalue weighted by molar-refractivity contribution is -0.385. The summed E-state index contributed by atoms with van der Waals surface area (Å²) in [6.07, 6.45) is 2.90. The molecule has 0 aromatic carbocycles. The quantitative estimate of drug-likeness (QED) is 0.450. The van der Waals surface area contributed by atoms with Crippen LogP contribution in [0.1, 0.15) is 11.4 Å². The van der Waals surface area contributed by atoms with Crippen LogP contribution in [0.3, 0.4) is 0 Å². The molecule has 0 radical (unpaired) electrons. The summed E-state index contributed by atoms with van der Waals surface area (Å²) in [7, 11) is 3.28. The molecule has 90 valence electrons. The molecule has 1 rings (SSSR count). The van der Waals surface area contributed by atoms with Gasteiger partial charge in [0.25, 0.3) is 5.69 Å². The van der Waals surface area contributed by atoms with Crippen molar-refractivity contribution in [3.8, 4) is 0 Å². The van der Waals surface area contributed by atoms with Gasteiger partial charge in [0.05, 0.1) is 10.6 Å². The van der Waals surface area contributed by atoms with Gasteiger partial charge in [0.1, 0.15) is 5.69 Å². The normalized spacial score (nSPS) is 10.5. The fourth-order valence-electron chi connectivity index (χ4n) is 1.16. The van der Waals surface area contributed by atoms with Crippen LogP contribution >= 0.6 is 0 Å². The van der Waals surface area contributed by atoms with Gasteiger partial charge in [-0.05, 0) is 19.1 Å². The van der Waals surface area contributed by atoms with Crippen LogP contribution < -0.4 is 0 Å². The first-order valence-electron chi connectivity index (χ1n) is 4.93. The molecule has 0 atom stereocenters. The number of likely N-dealkylation sites (N-methyl/N-ethyl adjacent to an activating group) is 1.